The van der Waals surface area contributed by atoms with Crippen molar-refractivity contribution in [2.24, 2.45) is 0 Å². The molecule has 0 fully saturated rings. The summed E-state index contributed by atoms with van der Waals surface area (Å²) in [5.74, 6) is 0.219. The number of nitro groups is 1. The van der Waals surface area contributed by atoms with Gasteiger partial charge in [0.2, 0.25) is 0 Å². The van der Waals surface area contributed by atoms with Gasteiger partial charge in [0.1, 0.15) is 5.82 Å². The number of hydrogen-bond acceptors (Lipinski definition) is 5. The van der Waals surface area contributed by atoms with E-state index >= 15 is 0 Å². The van der Waals surface area contributed by atoms with Gasteiger partial charge in [-0.1, -0.05) is 6.07 Å². The number of hydrogen-bond donors (Lipinski definition) is 1. The number of aryl methyl sites for hydroxylation is 2. The molecule has 0 saturated carbocycles. The molecular formula is C16H16N4O4. The summed E-state index contributed by atoms with van der Waals surface area (Å²) < 4.78 is 0. The lowest BCUT2D eigenvalue weighted by Crippen LogP contribution is -2.39. The number of nitrogens with one attached hydrogen (secondary N) is 1. The van der Waals surface area contributed by atoms with Crippen molar-refractivity contribution in [3.8, 4) is 0 Å². The lowest BCUT2D eigenvalue weighted by Gasteiger charge is -2.27. The first-order valence-electron chi connectivity index (χ1n) is 7.50. The van der Waals surface area contributed by atoms with Crippen molar-refractivity contribution in [3.63, 3.8) is 0 Å². The summed E-state index contributed by atoms with van der Waals surface area (Å²) in [4.78, 5) is 43.7. The third kappa shape index (κ3) is 2.78. The molecule has 0 saturated heterocycles. The molecule has 1 aromatic heterocycles. The number of H-pyrrole nitrogens is 1. The van der Waals surface area contributed by atoms with Crippen molar-refractivity contribution in [2.45, 2.75) is 26.8 Å². The van der Waals surface area contributed by atoms with Crippen LogP contribution in [0, 0.1) is 24.0 Å². The monoisotopic (exact) mass is 328 g/mol. The Morgan fingerprint density at radius 3 is 2.83 bits per heavy atom. The predicted octanol–water partition coefficient (Wildman–Crippen LogP) is 1.49. The smallest absolute Gasteiger partial charge is 0.273 e. The second kappa shape index (κ2) is 5.88. The first-order valence-corrected chi connectivity index (χ1v) is 7.50. The zero-order chi connectivity index (χ0) is 17.4. The number of amides is 1. The average molecular weight is 328 g/mol. The second-order valence-corrected chi connectivity index (χ2v) is 5.81. The standard InChI is InChI=1S/C16H16N4O4/c1-9-3-4-11(7-14(9)20(23)24)16(22)19-6-5-13-12(8-19)15(21)18-10(2)17-13/h3-4,7H,5-6,8H2,1-2H3,(H,17,18,21). The Hall–Kier alpha value is -3.03. The maximum atomic E-state index is 12.6. The van der Waals surface area contributed by atoms with Gasteiger partial charge in [-0.05, 0) is 19.9 Å². The molecule has 3 rings (SSSR count). The Morgan fingerprint density at radius 2 is 2.12 bits per heavy atom. The molecule has 2 aromatic rings. The van der Waals surface area contributed by atoms with E-state index in [1.165, 1.54) is 11.0 Å². The van der Waals surface area contributed by atoms with Gasteiger partial charge < -0.3 is 9.88 Å². The van der Waals surface area contributed by atoms with Crippen molar-refractivity contribution in [1.82, 2.24) is 14.9 Å². The average Bonchev–Trinajstić information content (AvgIpc) is 2.54. The summed E-state index contributed by atoms with van der Waals surface area (Å²) >= 11 is 0. The zero-order valence-electron chi connectivity index (χ0n) is 13.3. The van der Waals surface area contributed by atoms with Crippen molar-refractivity contribution < 1.29 is 9.72 Å². The van der Waals surface area contributed by atoms with E-state index in [0.717, 1.165) is 0 Å². The molecule has 0 aliphatic carbocycles. The molecule has 2 heterocycles. The molecule has 1 aliphatic heterocycles. The molecule has 0 bridgehead atoms. The molecule has 8 heteroatoms. The fourth-order valence-electron chi connectivity index (χ4n) is 2.84. The molecule has 1 aliphatic rings. The lowest BCUT2D eigenvalue weighted by molar-refractivity contribution is -0.385. The summed E-state index contributed by atoms with van der Waals surface area (Å²) in [6.07, 6.45) is 0.486. The summed E-state index contributed by atoms with van der Waals surface area (Å²) in [6, 6.07) is 4.41. The number of benzene rings is 1. The summed E-state index contributed by atoms with van der Waals surface area (Å²) in [6.45, 7) is 3.91. The van der Waals surface area contributed by atoms with Gasteiger partial charge in [-0.3, -0.25) is 19.7 Å². The van der Waals surface area contributed by atoms with Crippen LogP contribution in [0.1, 0.15) is 33.0 Å². The Labute approximate surface area is 137 Å². The third-order valence-corrected chi connectivity index (χ3v) is 4.13. The third-order valence-electron chi connectivity index (χ3n) is 4.13. The first kappa shape index (κ1) is 15.9. The number of carbonyl (C=O) groups excluding carboxylic acids is 1. The van der Waals surface area contributed by atoms with Gasteiger partial charge >= 0.3 is 0 Å². The number of fused-ring (bicyclic) bond motifs is 1. The van der Waals surface area contributed by atoms with Gasteiger partial charge in [0, 0.05) is 30.2 Å². The molecule has 0 unspecified atom stereocenters. The SMILES string of the molecule is Cc1nc2c(c(=O)[nH]1)CN(C(=O)c1ccc(C)c([N+](=O)[O-])c1)CC2. The molecule has 1 amide bonds. The molecule has 124 valence electrons. The van der Waals surface area contributed by atoms with Crippen LogP contribution < -0.4 is 5.56 Å². The van der Waals surface area contributed by atoms with E-state index in [9.17, 15) is 19.7 Å². The highest BCUT2D eigenvalue weighted by Gasteiger charge is 2.26. The van der Waals surface area contributed by atoms with Crippen LogP contribution in [-0.4, -0.2) is 32.2 Å². The molecule has 1 N–H and O–H groups in total. The van der Waals surface area contributed by atoms with E-state index in [0.29, 0.717) is 35.6 Å². The van der Waals surface area contributed by atoms with Gasteiger partial charge in [0.15, 0.2) is 0 Å². The number of aromatic nitrogens is 2. The Kier molecular flexibility index (Phi) is 3.88. The van der Waals surface area contributed by atoms with Gasteiger partial charge in [-0.15, -0.1) is 0 Å². The largest absolute Gasteiger partial charge is 0.334 e. The van der Waals surface area contributed by atoms with Crippen LogP contribution in [0.5, 0.6) is 0 Å². The van der Waals surface area contributed by atoms with Gasteiger partial charge in [-0.2, -0.15) is 0 Å². The topological polar surface area (TPSA) is 109 Å². The van der Waals surface area contributed by atoms with Crippen LogP contribution in [-0.2, 0) is 13.0 Å². The van der Waals surface area contributed by atoms with Crippen LogP contribution >= 0.6 is 0 Å². The zero-order valence-corrected chi connectivity index (χ0v) is 13.3. The van der Waals surface area contributed by atoms with Crippen molar-refractivity contribution in [1.29, 1.82) is 0 Å². The first-order chi connectivity index (χ1) is 11.4. The number of nitro benzene ring substituents is 1. The van der Waals surface area contributed by atoms with E-state index in [1.807, 2.05) is 0 Å². The fraction of sp³-hybridized carbons (Fsp3) is 0.312. The van der Waals surface area contributed by atoms with Crippen LogP contribution in [0.15, 0.2) is 23.0 Å². The highest BCUT2D eigenvalue weighted by Crippen LogP contribution is 2.22. The summed E-state index contributed by atoms with van der Waals surface area (Å²) in [5, 5.41) is 11.0. The summed E-state index contributed by atoms with van der Waals surface area (Å²) in [7, 11) is 0. The molecule has 0 spiro atoms. The number of aromatic amines is 1. The van der Waals surface area contributed by atoms with E-state index in [4.69, 9.17) is 0 Å². The van der Waals surface area contributed by atoms with Gasteiger partial charge in [0.25, 0.3) is 17.2 Å². The number of rotatable bonds is 2. The normalized spacial score (nSPS) is 13.5. The number of carbonyl (C=O) groups is 1. The minimum absolute atomic E-state index is 0.0894. The quantitative estimate of drug-likeness (QED) is 0.663. The van der Waals surface area contributed by atoms with Crippen molar-refractivity contribution >= 4 is 11.6 Å². The highest BCUT2D eigenvalue weighted by molar-refractivity contribution is 5.95. The Balaban J connectivity index is 1.91. The Morgan fingerprint density at radius 1 is 1.38 bits per heavy atom. The van der Waals surface area contributed by atoms with Crippen molar-refractivity contribution in [2.75, 3.05) is 6.54 Å². The van der Waals surface area contributed by atoms with Crippen LogP contribution in [0.3, 0.4) is 0 Å². The molecular weight excluding hydrogens is 312 g/mol. The van der Waals surface area contributed by atoms with Crippen LogP contribution in [0.4, 0.5) is 5.69 Å². The molecule has 1 aromatic carbocycles. The van der Waals surface area contributed by atoms with E-state index < -0.39 is 4.92 Å². The Bertz CT molecular complexity index is 903. The minimum atomic E-state index is -0.505. The summed E-state index contributed by atoms with van der Waals surface area (Å²) in [5.41, 5.74) is 1.58. The van der Waals surface area contributed by atoms with Gasteiger partial charge in [-0.25, -0.2) is 4.98 Å². The minimum Gasteiger partial charge on any atom is -0.334 e. The lowest BCUT2D eigenvalue weighted by atomic mass is 10.0. The van der Waals surface area contributed by atoms with Crippen LogP contribution in [0.2, 0.25) is 0 Å². The maximum absolute atomic E-state index is 12.6. The van der Waals surface area contributed by atoms with Gasteiger partial charge in [0.05, 0.1) is 22.7 Å². The molecule has 24 heavy (non-hydrogen) atoms. The molecule has 8 nitrogen and oxygen atoms in total. The van der Waals surface area contributed by atoms with E-state index in [-0.39, 0.29) is 29.3 Å². The predicted molar refractivity (Wildman–Crippen MR) is 85.9 cm³/mol. The van der Waals surface area contributed by atoms with E-state index in [1.54, 1.807) is 26.0 Å². The molecule has 0 atom stereocenters. The fourth-order valence-corrected chi connectivity index (χ4v) is 2.84. The maximum Gasteiger partial charge on any atom is 0.273 e. The molecule has 0 radical (unpaired) electrons. The second-order valence-electron chi connectivity index (χ2n) is 5.81. The van der Waals surface area contributed by atoms with Crippen molar-refractivity contribution in [3.05, 3.63) is 66.9 Å². The van der Waals surface area contributed by atoms with Crippen LogP contribution in [0.25, 0.3) is 0 Å². The number of nitrogens with zero attached hydrogens (tertiary/aromatic N) is 3. The van der Waals surface area contributed by atoms with E-state index in [2.05, 4.69) is 9.97 Å². The highest BCUT2D eigenvalue weighted by atomic mass is 16.6.